The normalized spacial score (nSPS) is 40.0. The van der Waals surface area contributed by atoms with Gasteiger partial charge in [-0.2, -0.15) is 0 Å². The van der Waals surface area contributed by atoms with E-state index in [4.69, 9.17) is 9.47 Å². The Bertz CT molecular complexity index is 2120. The molecule has 2 spiro atoms. The summed E-state index contributed by atoms with van der Waals surface area (Å²) in [5.74, 6) is 8.13. The van der Waals surface area contributed by atoms with Crippen LogP contribution in [0.5, 0.6) is 0 Å². The van der Waals surface area contributed by atoms with Crippen LogP contribution in [0.2, 0.25) is 0 Å². The maximum absolute atomic E-state index is 13.9. The summed E-state index contributed by atoms with van der Waals surface area (Å²) >= 11 is 0. The molecule has 5 fully saturated rings. The van der Waals surface area contributed by atoms with Gasteiger partial charge in [0, 0.05) is 31.3 Å². The fourth-order valence-corrected chi connectivity index (χ4v) is 17.0. The third-order valence-corrected chi connectivity index (χ3v) is 19.9. The van der Waals surface area contributed by atoms with Gasteiger partial charge < -0.3 is 24.8 Å². The predicted octanol–water partition coefficient (Wildman–Crippen LogP) is 11.2. The van der Waals surface area contributed by atoms with Gasteiger partial charge in [0.05, 0.1) is 23.2 Å². The maximum Gasteiger partial charge on any atom is 0.331 e. The molecule has 4 bridgehead atoms. The lowest BCUT2D eigenvalue weighted by Gasteiger charge is -2.70. The van der Waals surface area contributed by atoms with Crippen LogP contribution in [-0.2, 0) is 31.9 Å². The van der Waals surface area contributed by atoms with E-state index >= 15 is 0 Å². The molecule has 358 valence electrons. The lowest BCUT2D eigenvalue weighted by atomic mass is 9.36. The molecule has 2 aromatic carbocycles. The monoisotopic (exact) mass is 901 g/mol. The molecular formula is C59H80O7. The molecule has 1 heterocycles. The third-order valence-electron chi connectivity index (χ3n) is 19.9. The van der Waals surface area contributed by atoms with Crippen molar-refractivity contribution < 1.29 is 34.4 Å². The average molecular weight is 901 g/mol. The van der Waals surface area contributed by atoms with Crippen molar-refractivity contribution >= 4 is 11.9 Å². The first-order chi connectivity index (χ1) is 31.7. The van der Waals surface area contributed by atoms with Gasteiger partial charge in [-0.25, -0.2) is 4.79 Å². The minimum Gasteiger partial charge on any atom is -0.462 e. The summed E-state index contributed by atoms with van der Waals surface area (Å²) in [5.41, 5.74) is 0.800. The Labute approximate surface area is 396 Å². The summed E-state index contributed by atoms with van der Waals surface area (Å²) in [4.78, 5) is 25.6. The van der Waals surface area contributed by atoms with Crippen molar-refractivity contribution in [1.29, 1.82) is 0 Å². The van der Waals surface area contributed by atoms with Gasteiger partial charge in [0.2, 0.25) is 0 Å². The van der Waals surface area contributed by atoms with E-state index < -0.39 is 46.6 Å². The standard InChI is InChI=1S/C59H80O7/c1-40(13-11-18-43-14-7-5-8-15-43)21-24-51(61)59-52(62)28-29-55(4,54(59)50(66-42(3)60)33-41(2)58(59,64)32-26-46-34-53(63)65-38-46)49-27-30-56-36-47(49)20-12-19-45-25-31-57(35-45,39-56)48(37-56)23-22-44-16-9-6-10-17-44/h5-10,14-17,34,40-41,45,47-52,54,61-62,64H,11,13,18-19,21-33,35-39H2,1-4H3. The van der Waals surface area contributed by atoms with Crippen LogP contribution in [0.25, 0.3) is 0 Å². The molecule has 0 radical (unpaired) electrons. The quantitative estimate of drug-likeness (QED) is 0.114. The molecule has 66 heavy (non-hydrogen) atoms. The van der Waals surface area contributed by atoms with Gasteiger partial charge in [-0.15, -0.1) is 5.92 Å². The van der Waals surface area contributed by atoms with Crippen LogP contribution in [-0.4, -0.2) is 57.8 Å². The van der Waals surface area contributed by atoms with Gasteiger partial charge in [0.1, 0.15) is 12.7 Å². The number of cyclic esters (lactones) is 1. The second-order valence-electron chi connectivity index (χ2n) is 23.7. The first-order valence-corrected chi connectivity index (χ1v) is 26.4. The van der Waals surface area contributed by atoms with Gasteiger partial charge in [-0.1, -0.05) is 93.8 Å². The van der Waals surface area contributed by atoms with Gasteiger partial charge in [0.25, 0.3) is 0 Å². The summed E-state index contributed by atoms with van der Waals surface area (Å²) < 4.78 is 11.8. The van der Waals surface area contributed by atoms with E-state index in [1.807, 2.05) is 6.92 Å². The number of aliphatic hydroxyl groups is 3. The molecule has 7 heteroatoms. The largest absolute Gasteiger partial charge is 0.462 e. The van der Waals surface area contributed by atoms with E-state index in [2.05, 4.69) is 86.4 Å². The molecule has 1 aliphatic heterocycles. The van der Waals surface area contributed by atoms with Crippen LogP contribution >= 0.6 is 0 Å². The Morgan fingerprint density at radius 2 is 1.67 bits per heavy atom. The molecule has 0 aromatic heterocycles. The van der Waals surface area contributed by atoms with Crippen molar-refractivity contribution in [2.24, 2.45) is 63.1 Å². The topological polar surface area (TPSA) is 113 Å². The van der Waals surface area contributed by atoms with Crippen molar-refractivity contribution in [1.82, 2.24) is 0 Å². The average Bonchev–Trinajstić information content (AvgIpc) is 3.99. The lowest BCUT2D eigenvalue weighted by molar-refractivity contribution is -0.328. The Kier molecular flexibility index (Phi) is 13.8. The van der Waals surface area contributed by atoms with Crippen molar-refractivity contribution in [3.63, 3.8) is 0 Å². The number of hydrogen-bond acceptors (Lipinski definition) is 7. The highest BCUT2D eigenvalue weighted by molar-refractivity contribution is 5.85. The molecule has 6 aliphatic carbocycles. The molecule has 0 saturated heterocycles. The molecule has 9 rings (SSSR count). The molecule has 15 unspecified atom stereocenters. The third kappa shape index (κ3) is 8.88. The second kappa shape index (κ2) is 19.2. The zero-order valence-corrected chi connectivity index (χ0v) is 40.7. The van der Waals surface area contributed by atoms with Gasteiger partial charge in [0.15, 0.2) is 0 Å². The van der Waals surface area contributed by atoms with Gasteiger partial charge >= 0.3 is 11.9 Å². The van der Waals surface area contributed by atoms with E-state index in [-0.39, 0.29) is 42.2 Å². The number of aliphatic hydroxyl groups excluding tert-OH is 2. The molecular weight excluding hydrogens is 821 g/mol. The van der Waals surface area contributed by atoms with E-state index in [1.165, 1.54) is 56.6 Å². The lowest BCUT2D eigenvalue weighted by Crippen LogP contribution is -2.77. The smallest absolute Gasteiger partial charge is 0.331 e. The maximum atomic E-state index is 13.9. The van der Waals surface area contributed by atoms with E-state index in [0.29, 0.717) is 55.3 Å². The fraction of sp³-hybridized carbons (Fsp3) is 0.695. The first kappa shape index (κ1) is 47.6. The molecule has 2 aromatic rings. The SMILES string of the molecule is CC(=O)OC1CC(C)C(O)(CCC2=CC(=O)OC2)C2(C(O)CCC(C)CCCc3ccccc3)C(O)CCC(C)(C3CCC45CC3C#CCC3CCC(C3)(C4)C(CCc3ccccc3)C5)C12. The number of carbonyl (C=O) groups excluding carboxylic acids is 2. The molecule has 15 atom stereocenters. The van der Waals surface area contributed by atoms with Crippen LogP contribution < -0.4 is 0 Å². The molecule has 5 saturated carbocycles. The zero-order valence-electron chi connectivity index (χ0n) is 40.7. The van der Waals surface area contributed by atoms with Gasteiger partial charge in [-0.3, -0.25) is 4.79 Å². The second-order valence-corrected chi connectivity index (χ2v) is 23.7. The zero-order chi connectivity index (χ0) is 46.3. The number of aryl methyl sites for hydroxylation is 2. The van der Waals surface area contributed by atoms with Crippen molar-refractivity contribution in [3.8, 4) is 11.8 Å². The van der Waals surface area contributed by atoms with Crippen LogP contribution in [0.4, 0.5) is 0 Å². The Morgan fingerprint density at radius 3 is 2.38 bits per heavy atom. The van der Waals surface area contributed by atoms with Crippen LogP contribution in [0.1, 0.15) is 161 Å². The Balaban J connectivity index is 1.06. The Hall–Kier alpha value is -3.44. The van der Waals surface area contributed by atoms with Crippen LogP contribution in [0, 0.1) is 74.9 Å². The molecule has 3 N–H and O–H groups in total. The summed E-state index contributed by atoms with van der Waals surface area (Å²) in [5, 5.41) is 40.2. The highest BCUT2D eigenvalue weighted by Crippen LogP contribution is 2.73. The predicted molar refractivity (Wildman–Crippen MR) is 259 cm³/mol. The van der Waals surface area contributed by atoms with Crippen molar-refractivity contribution in [2.45, 2.75) is 186 Å². The minimum atomic E-state index is -1.53. The number of esters is 2. The van der Waals surface area contributed by atoms with Crippen molar-refractivity contribution in [2.75, 3.05) is 6.61 Å². The highest BCUT2D eigenvalue weighted by Gasteiger charge is 2.75. The van der Waals surface area contributed by atoms with Crippen molar-refractivity contribution in [3.05, 3.63) is 83.4 Å². The number of rotatable bonds is 16. The number of carbonyl (C=O) groups is 2. The van der Waals surface area contributed by atoms with E-state index in [0.717, 1.165) is 63.4 Å². The molecule has 0 amide bonds. The van der Waals surface area contributed by atoms with Gasteiger partial charge in [-0.05, 0) is 185 Å². The number of fused-ring (bicyclic) bond motifs is 3. The fourth-order valence-electron chi connectivity index (χ4n) is 17.0. The summed E-state index contributed by atoms with van der Waals surface area (Å²) in [7, 11) is 0. The Morgan fingerprint density at radius 1 is 0.924 bits per heavy atom. The molecule has 7 nitrogen and oxygen atoms in total. The summed E-state index contributed by atoms with van der Waals surface area (Å²) in [6.45, 7) is 8.33. The van der Waals surface area contributed by atoms with Crippen LogP contribution in [0.3, 0.4) is 0 Å². The van der Waals surface area contributed by atoms with E-state index in [9.17, 15) is 24.9 Å². The highest BCUT2D eigenvalue weighted by atomic mass is 16.5. The minimum absolute atomic E-state index is 0.137. The van der Waals surface area contributed by atoms with E-state index in [1.54, 1.807) is 6.08 Å². The van der Waals surface area contributed by atoms with Crippen LogP contribution in [0.15, 0.2) is 72.3 Å². The number of benzene rings is 2. The summed E-state index contributed by atoms with van der Waals surface area (Å²) in [6, 6.07) is 21.7. The summed E-state index contributed by atoms with van der Waals surface area (Å²) in [6.07, 6.45) is 18.4. The number of ether oxygens (including phenoxy) is 2. The first-order valence-electron chi connectivity index (χ1n) is 26.4. The number of hydrogen-bond donors (Lipinski definition) is 3. The molecule has 7 aliphatic rings.